The molecular formula is C29H24N2O6. The quantitative estimate of drug-likeness (QED) is 0.282. The topological polar surface area (TPSA) is 99.9 Å². The highest BCUT2D eigenvalue weighted by atomic mass is 16.5. The SMILES string of the molecule is COc1ccc(NC(=O)C(C)OC(=O)c2cccc3cccc(-c4nc5ccccc5o4)c23)c(OC)c1. The summed E-state index contributed by atoms with van der Waals surface area (Å²) < 4.78 is 22.1. The molecule has 0 radical (unpaired) electrons. The van der Waals surface area contributed by atoms with Gasteiger partial charge in [-0.3, -0.25) is 4.79 Å². The van der Waals surface area contributed by atoms with Gasteiger partial charge >= 0.3 is 5.97 Å². The molecule has 1 unspecified atom stereocenters. The molecule has 1 atom stereocenters. The second kappa shape index (κ2) is 10.0. The van der Waals surface area contributed by atoms with Crippen LogP contribution < -0.4 is 14.8 Å². The van der Waals surface area contributed by atoms with Gasteiger partial charge < -0.3 is 23.9 Å². The van der Waals surface area contributed by atoms with Gasteiger partial charge in [-0.15, -0.1) is 0 Å². The van der Waals surface area contributed by atoms with Gasteiger partial charge in [-0.25, -0.2) is 9.78 Å². The average Bonchev–Trinajstić information content (AvgIpc) is 3.36. The molecule has 0 aliphatic heterocycles. The molecule has 8 heteroatoms. The van der Waals surface area contributed by atoms with Crippen LogP contribution in [0, 0.1) is 0 Å². The number of rotatable bonds is 7. The maximum Gasteiger partial charge on any atom is 0.339 e. The largest absolute Gasteiger partial charge is 0.497 e. The summed E-state index contributed by atoms with van der Waals surface area (Å²) in [6.45, 7) is 1.51. The van der Waals surface area contributed by atoms with Crippen molar-refractivity contribution in [3.63, 3.8) is 0 Å². The number of esters is 1. The molecule has 186 valence electrons. The van der Waals surface area contributed by atoms with E-state index < -0.39 is 18.0 Å². The van der Waals surface area contributed by atoms with Crippen molar-refractivity contribution in [1.82, 2.24) is 4.98 Å². The van der Waals surface area contributed by atoms with E-state index >= 15 is 0 Å². The Morgan fingerprint density at radius 2 is 1.70 bits per heavy atom. The number of nitrogens with one attached hydrogen (secondary N) is 1. The van der Waals surface area contributed by atoms with Gasteiger partial charge in [0.15, 0.2) is 11.7 Å². The van der Waals surface area contributed by atoms with Crippen molar-refractivity contribution in [2.45, 2.75) is 13.0 Å². The summed E-state index contributed by atoms with van der Waals surface area (Å²) >= 11 is 0. The first-order valence-corrected chi connectivity index (χ1v) is 11.6. The predicted molar refractivity (Wildman–Crippen MR) is 140 cm³/mol. The second-order valence-electron chi connectivity index (χ2n) is 8.30. The van der Waals surface area contributed by atoms with Crippen molar-refractivity contribution in [1.29, 1.82) is 0 Å². The number of nitrogens with zero attached hydrogens (tertiary/aromatic N) is 1. The number of oxazole rings is 1. The van der Waals surface area contributed by atoms with Crippen LogP contribution in [0.3, 0.4) is 0 Å². The molecule has 0 fully saturated rings. The van der Waals surface area contributed by atoms with Crippen molar-refractivity contribution < 1.29 is 28.2 Å². The fraction of sp³-hybridized carbons (Fsp3) is 0.138. The Morgan fingerprint density at radius 1 is 0.919 bits per heavy atom. The van der Waals surface area contributed by atoms with Crippen molar-refractivity contribution >= 4 is 39.4 Å². The normalized spacial score (nSPS) is 11.8. The highest BCUT2D eigenvalue weighted by Gasteiger charge is 2.23. The Balaban J connectivity index is 1.42. The Labute approximate surface area is 212 Å². The molecule has 1 heterocycles. The van der Waals surface area contributed by atoms with Crippen molar-refractivity contribution in [2.75, 3.05) is 19.5 Å². The van der Waals surface area contributed by atoms with Crippen LogP contribution in [0.5, 0.6) is 11.5 Å². The molecule has 8 nitrogen and oxygen atoms in total. The fourth-order valence-electron chi connectivity index (χ4n) is 4.09. The standard InChI is InChI=1S/C29H24N2O6/c1-17(27(32)30-23-15-14-19(34-2)16-25(23)35-3)36-29(33)21-11-7-9-18-8-6-10-20(26(18)21)28-31-22-12-4-5-13-24(22)37-28/h4-17H,1-3H3,(H,30,32). The van der Waals surface area contributed by atoms with E-state index in [1.54, 1.807) is 30.3 Å². The number of carbonyl (C=O) groups excluding carboxylic acids is 2. The van der Waals surface area contributed by atoms with Crippen LogP contribution in [0.25, 0.3) is 33.3 Å². The van der Waals surface area contributed by atoms with Crippen LogP contribution in [0.2, 0.25) is 0 Å². The summed E-state index contributed by atoms with van der Waals surface area (Å²) in [6, 6.07) is 23.4. The van der Waals surface area contributed by atoms with Crippen LogP contribution in [-0.2, 0) is 9.53 Å². The lowest BCUT2D eigenvalue weighted by molar-refractivity contribution is -0.123. The zero-order chi connectivity index (χ0) is 25.9. The van der Waals surface area contributed by atoms with Crippen molar-refractivity contribution in [3.05, 3.63) is 84.4 Å². The molecule has 0 saturated heterocycles. The predicted octanol–water partition coefficient (Wildman–Crippen LogP) is 5.85. The van der Waals surface area contributed by atoms with E-state index in [4.69, 9.17) is 18.6 Å². The third kappa shape index (κ3) is 4.69. The van der Waals surface area contributed by atoms with Gasteiger partial charge in [-0.2, -0.15) is 0 Å². The number of amides is 1. The number of para-hydroxylation sites is 2. The van der Waals surface area contributed by atoms with Crippen LogP contribution in [0.4, 0.5) is 5.69 Å². The van der Waals surface area contributed by atoms with Gasteiger partial charge in [-0.1, -0.05) is 36.4 Å². The molecule has 1 amide bonds. The minimum atomic E-state index is -1.08. The lowest BCUT2D eigenvalue weighted by atomic mass is 9.99. The molecule has 0 spiro atoms. The number of ether oxygens (including phenoxy) is 3. The summed E-state index contributed by atoms with van der Waals surface area (Å²) in [6.07, 6.45) is -1.08. The van der Waals surface area contributed by atoms with Gasteiger partial charge in [0.05, 0.1) is 25.5 Å². The molecule has 37 heavy (non-hydrogen) atoms. The highest BCUT2D eigenvalue weighted by Crippen LogP contribution is 2.33. The van der Waals surface area contributed by atoms with Crippen molar-refractivity contribution in [2.24, 2.45) is 0 Å². The van der Waals surface area contributed by atoms with E-state index in [-0.39, 0.29) is 0 Å². The van der Waals surface area contributed by atoms with E-state index in [0.29, 0.717) is 50.7 Å². The Bertz CT molecular complexity index is 1590. The molecule has 5 rings (SSSR count). The van der Waals surface area contributed by atoms with Gasteiger partial charge in [0.1, 0.15) is 17.0 Å². The van der Waals surface area contributed by atoms with Crippen LogP contribution in [0.15, 0.2) is 83.3 Å². The second-order valence-corrected chi connectivity index (χ2v) is 8.30. The van der Waals surface area contributed by atoms with E-state index in [1.807, 2.05) is 48.5 Å². The van der Waals surface area contributed by atoms with Gasteiger partial charge in [0.2, 0.25) is 5.89 Å². The number of methoxy groups -OCH3 is 2. The van der Waals surface area contributed by atoms with E-state index in [0.717, 1.165) is 5.39 Å². The van der Waals surface area contributed by atoms with E-state index in [2.05, 4.69) is 10.3 Å². The first kappa shape index (κ1) is 23.9. The Hall–Kier alpha value is -4.85. The summed E-state index contributed by atoms with van der Waals surface area (Å²) in [4.78, 5) is 30.7. The summed E-state index contributed by atoms with van der Waals surface area (Å²) in [7, 11) is 3.03. The third-order valence-electron chi connectivity index (χ3n) is 5.97. The zero-order valence-electron chi connectivity index (χ0n) is 20.5. The van der Waals surface area contributed by atoms with Gasteiger partial charge in [0.25, 0.3) is 5.91 Å². The van der Waals surface area contributed by atoms with Crippen LogP contribution >= 0.6 is 0 Å². The minimum absolute atomic E-state index is 0.303. The first-order valence-electron chi connectivity index (χ1n) is 11.6. The Kier molecular flexibility index (Phi) is 6.47. The maximum absolute atomic E-state index is 13.3. The molecule has 4 aromatic carbocycles. The molecule has 1 N–H and O–H groups in total. The van der Waals surface area contributed by atoms with Crippen LogP contribution in [-0.4, -0.2) is 37.2 Å². The molecule has 5 aromatic rings. The molecule has 1 aromatic heterocycles. The van der Waals surface area contributed by atoms with Crippen LogP contribution in [0.1, 0.15) is 17.3 Å². The van der Waals surface area contributed by atoms with Gasteiger partial charge in [-0.05, 0) is 48.7 Å². The number of benzene rings is 4. The molecule has 0 bridgehead atoms. The lowest BCUT2D eigenvalue weighted by Gasteiger charge is -2.16. The first-order chi connectivity index (χ1) is 18.0. The lowest BCUT2D eigenvalue weighted by Crippen LogP contribution is -2.30. The Morgan fingerprint density at radius 3 is 2.46 bits per heavy atom. The number of hydrogen-bond acceptors (Lipinski definition) is 7. The fourth-order valence-corrected chi connectivity index (χ4v) is 4.09. The molecule has 0 saturated carbocycles. The third-order valence-corrected chi connectivity index (χ3v) is 5.97. The number of carbonyl (C=O) groups is 2. The molecular weight excluding hydrogens is 472 g/mol. The molecule has 0 aliphatic rings. The number of aromatic nitrogens is 1. The highest BCUT2D eigenvalue weighted by molar-refractivity contribution is 6.11. The summed E-state index contributed by atoms with van der Waals surface area (Å²) in [5.41, 5.74) is 2.75. The van der Waals surface area contributed by atoms with Crippen molar-refractivity contribution in [3.8, 4) is 23.0 Å². The summed E-state index contributed by atoms with van der Waals surface area (Å²) in [5.74, 6) is 0.252. The zero-order valence-corrected chi connectivity index (χ0v) is 20.5. The number of anilines is 1. The smallest absolute Gasteiger partial charge is 0.339 e. The van der Waals surface area contributed by atoms with E-state index in [9.17, 15) is 9.59 Å². The maximum atomic E-state index is 13.3. The summed E-state index contributed by atoms with van der Waals surface area (Å²) in [5, 5.41) is 4.18. The monoisotopic (exact) mass is 496 g/mol. The van der Waals surface area contributed by atoms with Gasteiger partial charge in [0, 0.05) is 17.0 Å². The van der Waals surface area contributed by atoms with E-state index in [1.165, 1.54) is 21.1 Å². The molecule has 0 aliphatic carbocycles. The average molecular weight is 497 g/mol. The minimum Gasteiger partial charge on any atom is -0.497 e. The number of fused-ring (bicyclic) bond motifs is 2. The number of hydrogen-bond donors (Lipinski definition) is 1.